The van der Waals surface area contributed by atoms with Crippen molar-refractivity contribution in [2.45, 2.75) is 57.8 Å². The summed E-state index contributed by atoms with van der Waals surface area (Å²) in [6.07, 6.45) is -0.0199. The van der Waals surface area contributed by atoms with Gasteiger partial charge in [-0.15, -0.1) is 5.10 Å². The van der Waals surface area contributed by atoms with Crippen LogP contribution in [0.4, 0.5) is 23.7 Å². The molecule has 1 atom stereocenters. The molecule has 1 saturated heterocycles. The van der Waals surface area contributed by atoms with Crippen molar-refractivity contribution in [2.24, 2.45) is 0 Å². The van der Waals surface area contributed by atoms with Gasteiger partial charge in [0.1, 0.15) is 11.4 Å². The Morgan fingerprint density at radius 1 is 0.978 bits per heavy atom. The molecule has 1 fully saturated rings. The van der Waals surface area contributed by atoms with Crippen LogP contribution in [0, 0.1) is 5.82 Å². The lowest BCUT2D eigenvalue weighted by Gasteiger charge is -2.40. The van der Waals surface area contributed by atoms with E-state index in [0.717, 1.165) is 33.6 Å². The van der Waals surface area contributed by atoms with Crippen LogP contribution in [0.5, 0.6) is 0 Å². The third-order valence-electron chi connectivity index (χ3n) is 8.42. The minimum atomic E-state index is -3.77. The van der Waals surface area contributed by atoms with Crippen molar-refractivity contribution in [3.63, 3.8) is 0 Å². The SMILES string of the molecule is CCc1cc(-c2ccc(N3CCN(C(=O)OC(C)(C)C)CC3)cc2)ccc1C(F)(F)[C@]1(O)Cn2nnnc2-c2cc(F)ccc21. The molecule has 0 unspecified atom stereocenters. The summed E-state index contributed by atoms with van der Waals surface area (Å²) < 4.78 is 53.8. The molecule has 6 rings (SSSR count). The molecule has 2 aliphatic heterocycles. The number of hydrogen-bond donors (Lipinski definition) is 1. The summed E-state index contributed by atoms with van der Waals surface area (Å²) in [7, 11) is 0. The Kier molecular flexibility index (Phi) is 7.59. The van der Waals surface area contributed by atoms with Gasteiger partial charge in [0.15, 0.2) is 11.4 Å². The van der Waals surface area contributed by atoms with E-state index in [4.69, 9.17) is 4.74 Å². The van der Waals surface area contributed by atoms with Crippen LogP contribution in [0.25, 0.3) is 22.5 Å². The number of carbonyl (C=O) groups is 1. The van der Waals surface area contributed by atoms with Gasteiger partial charge in [-0.2, -0.15) is 8.78 Å². The third-order valence-corrected chi connectivity index (χ3v) is 8.42. The predicted octanol–water partition coefficient (Wildman–Crippen LogP) is 5.76. The first-order chi connectivity index (χ1) is 21.3. The van der Waals surface area contributed by atoms with E-state index in [9.17, 15) is 14.3 Å². The zero-order chi connectivity index (χ0) is 32.1. The second-order valence-corrected chi connectivity index (χ2v) is 12.5. The van der Waals surface area contributed by atoms with Crippen LogP contribution in [0.15, 0.2) is 60.7 Å². The molecule has 2 aliphatic rings. The number of nitrogens with zero attached hydrogens (tertiary/aromatic N) is 6. The van der Waals surface area contributed by atoms with Gasteiger partial charge in [-0.3, -0.25) is 0 Å². The fraction of sp³-hybridized carbons (Fsp3) is 0.394. The first kappa shape index (κ1) is 30.6. The van der Waals surface area contributed by atoms with Crippen molar-refractivity contribution in [1.82, 2.24) is 25.1 Å². The molecule has 0 spiro atoms. The van der Waals surface area contributed by atoms with Crippen LogP contribution in [0.1, 0.15) is 44.4 Å². The number of fused-ring (bicyclic) bond motifs is 3. The summed E-state index contributed by atoms with van der Waals surface area (Å²) in [5.41, 5.74) is -0.713. The predicted molar refractivity (Wildman–Crippen MR) is 162 cm³/mol. The number of piperazine rings is 1. The first-order valence-corrected chi connectivity index (χ1v) is 14.9. The molecular formula is C33H35F3N6O3. The van der Waals surface area contributed by atoms with Crippen molar-refractivity contribution in [3.05, 3.63) is 83.2 Å². The molecule has 236 valence electrons. The second kappa shape index (κ2) is 11.2. The van der Waals surface area contributed by atoms with E-state index in [2.05, 4.69) is 20.4 Å². The Hall–Kier alpha value is -4.45. The number of anilines is 1. The Bertz CT molecular complexity index is 1730. The minimum absolute atomic E-state index is 0.0226. The van der Waals surface area contributed by atoms with Gasteiger partial charge in [-0.05, 0) is 78.6 Å². The van der Waals surface area contributed by atoms with Gasteiger partial charge < -0.3 is 19.6 Å². The zero-order valence-electron chi connectivity index (χ0n) is 25.6. The van der Waals surface area contributed by atoms with Gasteiger partial charge in [0, 0.05) is 48.6 Å². The molecule has 0 aliphatic carbocycles. The molecule has 0 bridgehead atoms. The monoisotopic (exact) mass is 620 g/mol. The van der Waals surface area contributed by atoms with Gasteiger partial charge in [0.2, 0.25) is 0 Å². The van der Waals surface area contributed by atoms with Gasteiger partial charge in [-0.1, -0.05) is 43.3 Å². The number of amides is 1. The van der Waals surface area contributed by atoms with Crippen LogP contribution < -0.4 is 4.90 Å². The Morgan fingerprint density at radius 2 is 1.67 bits per heavy atom. The van der Waals surface area contributed by atoms with Crippen LogP contribution in [-0.2, 0) is 29.2 Å². The maximum atomic E-state index is 16.5. The topological polar surface area (TPSA) is 96.6 Å². The number of halogens is 3. The quantitative estimate of drug-likeness (QED) is 0.303. The number of hydrogen-bond acceptors (Lipinski definition) is 7. The van der Waals surface area contributed by atoms with E-state index in [1.54, 1.807) is 24.0 Å². The summed E-state index contributed by atoms with van der Waals surface area (Å²) in [5.74, 6) is -4.30. The van der Waals surface area contributed by atoms with Crippen molar-refractivity contribution < 1.29 is 27.8 Å². The fourth-order valence-corrected chi connectivity index (χ4v) is 6.07. The summed E-state index contributed by atoms with van der Waals surface area (Å²) >= 11 is 0. The minimum Gasteiger partial charge on any atom is -0.444 e. The highest BCUT2D eigenvalue weighted by Gasteiger charge is 2.59. The second-order valence-electron chi connectivity index (χ2n) is 12.5. The number of ether oxygens (including phenoxy) is 1. The summed E-state index contributed by atoms with van der Waals surface area (Å²) in [6, 6.07) is 15.8. The molecule has 3 aromatic carbocycles. The zero-order valence-corrected chi connectivity index (χ0v) is 25.6. The lowest BCUT2D eigenvalue weighted by atomic mass is 9.77. The van der Waals surface area contributed by atoms with Gasteiger partial charge in [0.05, 0.1) is 6.54 Å². The van der Waals surface area contributed by atoms with E-state index in [1.165, 1.54) is 12.1 Å². The molecule has 45 heavy (non-hydrogen) atoms. The summed E-state index contributed by atoms with van der Waals surface area (Å²) in [6.45, 7) is 9.14. The number of aromatic nitrogens is 4. The standard InChI is InChI=1S/C33H35F3N6O3/c1-5-21-18-23(22-6-10-25(11-7-22)40-14-16-41(17-15-40)30(43)45-31(2,3)4)8-12-27(21)33(35,36)32(44)20-42-29(37-38-39-42)26-19-24(34)9-13-28(26)32/h6-13,18-19,44H,5,14-17,20H2,1-4H3/t32-/m0/s1. The number of tetrazole rings is 1. The van der Waals surface area contributed by atoms with Crippen molar-refractivity contribution in [3.8, 4) is 22.5 Å². The fourth-order valence-electron chi connectivity index (χ4n) is 6.07. The largest absolute Gasteiger partial charge is 0.444 e. The molecule has 4 aromatic rings. The highest BCUT2D eigenvalue weighted by Crippen LogP contribution is 2.52. The molecule has 12 heteroatoms. The molecule has 1 aromatic heterocycles. The molecule has 0 saturated carbocycles. The summed E-state index contributed by atoms with van der Waals surface area (Å²) in [4.78, 5) is 16.3. The highest BCUT2D eigenvalue weighted by molar-refractivity contribution is 5.70. The third kappa shape index (κ3) is 5.52. The maximum Gasteiger partial charge on any atom is 0.410 e. The number of benzene rings is 3. The van der Waals surface area contributed by atoms with Crippen molar-refractivity contribution in [1.29, 1.82) is 0 Å². The van der Waals surface area contributed by atoms with E-state index < -0.39 is 29.5 Å². The summed E-state index contributed by atoms with van der Waals surface area (Å²) in [5, 5.41) is 22.9. The lowest BCUT2D eigenvalue weighted by Crippen LogP contribution is -2.50. The van der Waals surface area contributed by atoms with Gasteiger partial charge in [-0.25, -0.2) is 13.9 Å². The average molecular weight is 621 g/mol. The Balaban J connectivity index is 1.23. The molecule has 1 amide bonds. The van der Waals surface area contributed by atoms with Crippen molar-refractivity contribution >= 4 is 11.8 Å². The van der Waals surface area contributed by atoms with Crippen molar-refractivity contribution in [2.75, 3.05) is 31.1 Å². The number of rotatable bonds is 5. The van der Waals surface area contributed by atoms with Crippen LogP contribution in [0.3, 0.4) is 0 Å². The van der Waals surface area contributed by atoms with E-state index in [1.807, 2.05) is 45.0 Å². The smallest absolute Gasteiger partial charge is 0.410 e. The number of aliphatic hydroxyl groups is 1. The number of carbonyl (C=O) groups excluding carboxylic acids is 1. The maximum absolute atomic E-state index is 16.5. The van der Waals surface area contributed by atoms with Gasteiger partial charge >= 0.3 is 12.0 Å². The van der Waals surface area contributed by atoms with Gasteiger partial charge in [0.25, 0.3) is 0 Å². The molecular weight excluding hydrogens is 585 g/mol. The number of alkyl halides is 2. The lowest BCUT2D eigenvalue weighted by molar-refractivity contribution is -0.205. The molecule has 0 radical (unpaired) electrons. The Labute approximate surface area is 259 Å². The van der Waals surface area contributed by atoms with E-state index >= 15 is 8.78 Å². The normalized spacial score (nSPS) is 18.4. The molecule has 9 nitrogen and oxygen atoms in total. The Morgan fingerprint density at radius 3 is 2.33 bits per heavy atom. The average Bonchev–Trinajstić information content (AvgIpc) is 3.48. The number of aryl methyl sites for hydroxylation is 1. The first-order valence-electron chi connectivity index (χ1n) is 14.9. The van der Waals surface area contributed by atoms with Crippen LogP contribution in [0.2, 0.25) is 0 Å². The highest BCUT2D eigenvalue weighted by atomic mass is 19.3. The van der Waals surface area contributed by atoms with Crippen LogP contribution >= 0.6 is 0 Å². The molecule has 1 N–H and O–H groups in total. The van der Waals surface area contributed by atoms with E-state index in [0.29, 0.717) is 38.2 Å². The van der Waals surface area contributed by atoms with E-state index in [-0.39, 0.29) is 28.6 Å². The van der Waals surface area contributed by atoms with Crippen LogP contribution in [-0.4, -0.2) is 68.1 Å². The molecule has 3 heterocycles.